The van der Waals surface area contributed by atoms with Crippen molar-refractivity contribution in [3.8, 4) is 0 Å². The molecule has 19 heavy (non-hydrogen) atoms. The second-order valence-corrected chi connectivity index (χ2v) is 6.49. The first-order valence-corrected chi connectivity index (χ1v) is 8.18. The Kier molecular flexibility index (Phi) is 4.55. The fourth-order valence-corrected chi connectivity index (χ4v) is 3.26. The molecule has 2 aliphatic rings. The zero-order valence-electron chi connectivity index (χ0n) is 12.0. The minimum absolute atomic E-state index is 1.02. The Hall–Kier alpha value is -0.820. The average Bonchev–Trinajstić information content (AvgIpc) is 3.31. The molecule has 0 bridgehead atoms. The molecular weight excluding hydrogens is 230 g/mol. The number of rotatable bonds is 9. The highest BCUT2D eigenvalue weighted by Gasteiger charge is 2.40. The number of hydrogen-bond acceptors (Lipinski definition) is 1. The van der Waals surface area contributed by atoms with Gasteiger partial charge < -0.3 is 5.32 Å². The van der Waals surface area contributed by atoms with E-state index >= 15 is 0 Å². The second kappa shape index (κ2) is 6.56. The Bertz CT molecular complexity index is 353. The number of nitrogens with one attached hydrogen (secondary N) is 1. The van der Waals surface area contributed by atoms with Gasteiger partial charge in [0.25, 0.3) is 0 Å². The van der Waals surface area contributed by atoms with Crippen LogP contribution < -0.4 is 5.32 Å². The lowest BCUT2D eigenvalue weighted by molar-refractivity contribution is 0.377. The van der Waals surface area contributed by atoms with Gasteiger partial charge in [-0.25, -0.2) is 0 Å². The molecule has 1 aromatic carbocycles. The highest BCUT2D eigenvalue weighted by atomic mass is 14.9. The van der Waals surface area contributed by atoms with Crippen molar-refractivity contribution in [3.05, 3.63) is 35.9 Å². The lowest BCUT2D eigenvalue weighted by Gasteiger charge is -2.16. The van der Waals surface area contributed by atoms with E-state index in [2.05, 4.69) is 35.6 Å². The molecule has 2 fully saturated rings. The van der Waals surface area contributed by atoms with Crippen LogP contribution in [-0.4, -0.2) is 13.1 Å². The van der Waals surface area contributed by atoms with Gasteiger partial charge in [0.1, 0.15) is 0 Å². The van der Waals surface area contributed by atoms with Gasteiger partial charge in [0.05, 0.1) is 0 Å². The summed E-state index contributed by atoms with van der Waals surface area (Å²) in [6.07, 6.45) is 9.91. The van der Waals surface area contributed by atoms with Crippen LogP contribution in [0.15, 0.2) is 30.3 Å². The molecule has 0 aromatic heterocycles. The van der Waals surface area contributed by atoms with Crippen LogP contribution in [0.1, 0.15) is 44.1 Å². The average molecular weight is 257 g/mol. The normalized spacial score (nSPS) is 19.0. The van der Waals surface area contributed by atoms with E-state index < -0.39 is 0 Å². The van der Waals surface area contributed by atoms with Crippen molar-refractivity contribution < 1.29 is 0 Å². The molecule has 1 heteroatoms. The molecule has 0 spiro atoms. The largest absolute Gasteiger partial charge is 0.316 e. The Morgan fingerprint density at radius 3 is 2.26 bits per heavy atom. The Morgan fingerprint density at radius 2 is 1.63 bits per heavy atom. The number of hydrogen-bond donors (Lipinski definition) is 1. The van der Waals surface area contributed by atoms with E-state index in [1.54, 1.807) is 0 Å². The molecule has 0 radical (unpaired) electrons. The van der Waals surface area contributed by atoms with Gasteiger partial charge in [0.15, 0.2) is 0 Å². The van der Waals surface area contributed by atoms with Gasteiger partial charge in [-0.3, -0.25) is 0 Å². The van der Waals surface area contributed by atoms with Crippen molar-refractivity contribution in [2.24, 2.45) is 17.8 Å². The SMILES string of the molecule is c1ccc(CCCCNCC(C2CC2)C2CC2)cc1. The van der Waals surface area contributed by atoms with Gasteiger partial charge in [0.2, 0.25) is 0 Å². The van der Waals surface area contributed by atoms with Gasteiger partial charge >= 0.3 is 0 Å². The van der Waals surface area contributed by atoms with Crippen LogP contribution in [0.5, 0.6) is 0 Å². The van der Waals surface area contributed by atoms with Crippen molar-refractivity contribution in [2.45, 2.75) is 44.9 Å². The maximum atomic E-state index is 3.71. The van der Waals surface area contributed by atoms with Gasteiger partial charge in [-0.15, -0.1) is 0 Å². The molecule has 0 amide bonds. The maximum absolute atomic E-state index is 3.71. The molecule has 1 aromatic rings. The quantitative estimate of drug-likeness (QED) is 0.658. The third-order valence-electron chi connectivity index (χ3n) is 4.75. The zero-order valence-corrected chi connectivity index (χ0v) is 12.0. The molecule has 0 unspecified atom stereocenters. The predicted octanol–water partition coefficient (Wildman–Crippen LogP) is 4.04. The van der Waals surface area contributed by atoms with Crippen LogP contribution in [0.3, 0.4) is 0 Å². The first-order chi connectivity index (χ1) is 9.43. The van der Waals surface area contributed by atoms with Crippen molar-refractivity contribution >= 4 is 0 Å². The van der Waals surface area contributed by atoms with Crippen LogP contribution >= 0.6 is 0 Å². The Labute approximate surface area is 117 Å². The molecule has 0 saturated heterocycles. The molecule has 1 nitrogen and oxygen atoms in total. The van der Waals surface area contributed by atoms with Gasteiger partial charge in [0, 0.05) is 0 Å². The number of aryl methyl sites for hydroxylation is 1. The lowest BCUT2D eigenvalue weighted by atomic mass is 9.98. The summed E-state index contributed by atoms with van der Waals surface area (Å²) in [5, 5.41) is 3.71. The van der Waals surface area contributed by atoms with Crippen molar-refractivity contribution in [2.75, 3.05) is 13.1 Å². The number of unbranched alkanes of at least 4 members (excludes halogenated alkanes) is 1. The summed E-state index contributed by atoms with van der Waals surface area (Å²) >= 11 is 0. The van der Waals surface area contributed by atoms with E-state index in [4.69, 9.17) is 0 Å². The minimum atomic E-state index is 1.02. The van der Waals surface area contributed by atoms with Crippen LogP contribution in [0, 0.1) is 17.8 Å². The monoisotopic (exact) mass is 257 g/mol. The van der Waals surface area contributed by atoms with Gasteiger partial charge in [-0.05, 0) is 81.4 Å². The predicted molar refractivity (Wildman–Crippen MR) is 81.2 cm³/mol. The molecule has 0 atom stereocenters. The maximum Gasteiger partial charge on any atom is -0.00152 e. The minimum Gasteiger partial charge on any atom is -0.316 e. The fraction of sp³-hybridized carbons (Fsp3) is 0.667. The summed E-state index contributed by atoms with van der Waals surface area (Å²) in [4.78, 5) is 0. The molecule has 104 valence electrons. The topological polar surface area (TPSA) is 12.0 Å². The smallest absolute Gasteiger partial charge is 0.00152 e. The standard InChI is InChI=1S/C18H27N/c1-2-6-15(7-3-1)8-4-5-13-19-14-18(16-9-10-16)17-11-12-17/h1-3,6-7,16-19H,4-5,8-14H2. The molecule has 2 aliphatic carbocycles. The highest BCUT2D eigenvalue weighted by molar-refractivity contribution is 5.14. The Morgan fingerprint density at radius 1 is 0.947 bits per heavy atom. The van der Waals surface area contributed by atoms with Gasteiger partial charge in [-0.1, -0.05) is 30.3 Å². The third-order valence-corrected chi connectivity index (χ3v) is 4.75. The van der Waals surface area contributed by atoms with Gasteiger partial charge in [-0.2, -0.15) is 0 Å². The van der Waals surface area contributed by atoms with E-state index in [0.29, 0.717) is 0 Å². The summed E-state index contributed by atoms with van der Waals surface area (Å²) in [5.74, 6) is 3.20. The van der Waals surface area contributed by atoms with Crippen LogP contribution in [0.2, 0.25) is 0 Å². The molecule has 0 heterocycles. The summed E-state index contributed by atoms with van der Waals surface area (Å²) < 4.78 is 0. The van der Waals surface area contributed by atoms with Crippen molar-refractivity contribution in [1.29, 1.82) is 0 Å². The van der Waals surface area contributed by atoms with E-state index in [9.17, 15) is 0 Å². The van der Waals surface area contributed by atoms with Crippen LogP contribution in [-0.2, 0) is 6.42 Å². The first-order valence-electron chi connectivity index (χ1n) is 8.18. The number of benzene rings is 1. The van der Waals surface area contributed by atoms with Crippen LogP contribution in [0.4, 0.5) is 0 Å². The van der Waals surface area contributed by atoms with E-state index in [1.165, 1.54) is 63.6 Å². The van der Waals surface area contributed by atoms with E-state index in [-0.39, 0.29) is 0 Å². The Balaban J connectivity index is 1.25. The summed E-state index contributed by atoms with van der Waals surface area (Å²) in [6.45, 7) is 2.50. The molecule has 0 aliphatic heterocycles. The summed E-state index contributed by atoms with van der Waals surface area (Å²) in [7, 11) is 0. The highest BCUT2D eigenvalue weighted by Crippen LogP contribution is 2.48. The summed E-state index contributed by atoms with van der Waals surface area (Å²) in [6, 6.07) is 10.9. The lowest BCUT2D eigenvalue weighted by Crippen LogP contribution is -2.26. The van der Waals surface area contributed by atoms with E-state index in [1.807, 2.05) is 0 Å². The molecular formula is C18H27N. The van der Waals surface area contributed by atoms with Crippen molar-refractivity contribution in [3.63, 3.8) is 0 Å². The first kappa shape index (κ1) is 13.2. The fourth-order valence-electron chi connectivity index (χ4n) is 3.26. The summed E-state index contributed by atoms with van der Waals surface area (Å²) in [5.41, 5.74) is 1.48. The second-order valence-electron chi connectivity index (χ2n) is 6.49. The molecule has 2 saturated carbocycles. The van der Waals surface area contributed by atoms with Crippen molar-refractivity contribution in [1.82, 2.24) is 5.32 Å². The van der Waals surface area contributed by atoms with Crippen LogP contribution in [0.25, 0.3) is 0 Å². The molecule has 3 rings (SSSR count). The molecule has 1 N–H and O–H groups in total. The van der Waals surface area contributed by atoms with E-state index in [0.717, 1.165) is 17.8 Å². The zero-order chi connectivity index (χ0) is 12.9. The third kappa shape index (κ3) is 4.35.